The highest BCUT2D eigenvalue weighted by Gasteiger charge is 2.51. The fourth-order valence-corrected chi connectivity index (χ4v) is 2.93. The summed E-state index contributed by atoms with van der Waals surface area (Å²) < 4.78 is 0. The average molecular weight is 214 g/mol. The second-order valence-corrected chi connectivity index (χ2v) is 5.79. The van der Waals surface area contributed by atoms with Gasteiger partial charge in [0.05, 0.1) is 0 Å². The predicted octanol–water partition coefficient (Wildman–Crippen LogP) is 2.31. The first-order valence-electron chi connectivity index (χ1n) is 5.04. The summed E-state index contributed by atoms with van der Waals surface area (Å²) in [5, 5.41) is 22.9. The van der Waals surface area contributed by atoms with Crippen LogP contribution in [0.25, 0.3) is 0 Å². The van der Waals surface area contributed by atoms with Gasteiger partial charge in [-0.2, -0.15) is 0 Å². The number of nitro groups is 1. The Morgan fingerprint density at radius 3 is 2.40 bits per heavy atom. The van der Waals surface area contributed by atoms with Gasteiger partial charge >= 0.3 is 0 Å². The van der Waals surface area contributed by atoms with Crippen LogP contribution in [0, 0.1) is 20.9 Å². The molecule has 0 heterocycles. The summed E-state index contributed by atoms with van der Waals surface area (Å²) in [4.78, 5) is 10.6. The molecule has 0 spiro atoms. The van der Waals surface area contributed by atoms with Crippen LogP contribution in [0.2, 0.25) is 0 Å². The van der Waals surface area contributed by atoms with Crippen molar-refractivity contribution in [2.24, 2.45) is 16.0 Å². The van der Waals surface area contributed by atoms with E-state index in [0.29, 0.717) is 12.1 Å². The summed E-state index contributed by atoms with van der Waals surface area (Å²) in [6.07, 6.45) is 1.24. The lowest BCUT2D eigenvalue weighted by molar-refractivity contribution is -0.523. The van der Waals surface area contributed by atoms with Crippen LogP contribution in [0.15, 0.2) is 5.16 Å². The molecule has 0 amide bonds. The smallest absolute Gasteiger partial charge is 0.259 e. The normalized spacial score (nSPS) is 31.5. The fraction of sp³-hybridized carbons (Fsp3) is 0.900. The van der Waals surface area contributed by atoms with Gasteiger partial charge in [0.2, 0.25) is 0 Å². The Morgan fingerprint density at radius 2 is 2.00 bits per heavy atom. The van der Waals surface area contributed by atoms with Crippen molar-refractivity contribution in [1.82, 2.24) is 0 Å². The Kier molecular flexibility index (Phi) is 2.76. The Morgan fingerprint density at radius 1 is 1.47 bits per heavy atom. The van der Waals surface area contributed by atoms with Crippen LogP contribution < -0.4 is 0 Å². The molecule has 1 aliphatic carbocycles. The minimum atomic E-state index is -0.865. The molecule has 1 fully saturated rings. The van der Waals surface area contributed by atoms with E-state index in [1.807, 2.05) is 27.7 Å². The maximum absolute atomic E-state index is 11.0. The second kappa shape index (κ2) is 3.47. The van der Waals surface area contributed by atoms with E-state index >= 15 is 0 Å². The number of nitrogens with zero attached hydrogens (tertiary/aromatic N) is 2. The molecular formula is C10H18N2O3. The van der Waals surface area contributed by atoms with Crippen molar-refractivity contribution in [2.45, 2.75) is 46.6 Å². The maximum atomic E-state index is 11.0. The van der Waals surface area contributed by atoms with Gasteiger partial charge in [-0.05, 0) is 11.8 Å². The standard InChI is InChI=1S/C10H18N2O3/c1-9(2)5-7(11-13)8(12(14)15)10(3,4)6-9/h8,13H,5-6H2,1-4H3/b11-7-. The first-order chi connectivity index (χ1) is 6.69. The van der Waals surface area contributed by atoms with E-state index in [2.05, 4.69) is 5.16 Å². The summed E-state index contributed by atoms with van der Waals surface area (Å²) in [5.41, 5.74) is -0.217. The topological polar surface area (TPSA) is 75.7 Å². The fourth-order valence-electron chi connectivity index (χ4n) is 2.93. The molecule has 0 radical (unpaired) electrons. The highest BCUT2D eigenvalue weighted by Crippen LogP contribution is 2.45. The van der Waals surface area contributed by atoms with Crippen LogP contribution in [0.3, 0.4) is 0 Å². The zero-order valence-electron chi connectivity index (χ0n) is 9.65. The first kappa shape index (κ1) is 11.9. The summed E-state index contributed by atoms with van der Waals surface area (Å²) in [6, 6.07) is -0.865. The second-order valence-electron chi connectivity index (χ2n) is 5.79. The monoisotopic (exact) mass is 214 g/mol. The molecule has 1 N–H and O–H groups in total. The number of hydrogen-bond donors (Lipinski definition) is 1. The highest BCUT2D eigenvalue weighted by atomic mass is 16.6. The molecule has 0 aromatic carbocycles. The van der Waals surface area contributed by atoms with Crippen LogP contribution in [-0.4, -0.2) is 21.9 Å². The Balaban J connectivity index is 3.11. The van der Waals surface area contributed by atoms with Gasteiger partial charge < -0.3 is 5.21 Å². The van der Waals surface area contributed by atoms with Gasteiger partial charge in [-0.15, -0.1) is 0 Å². The number of oxime groups is 1. The lowest BCUT2D eigenvalue weighted by Crippen LogP contribution is -2.50. The van der Waals surface area contributed by atoms with E-state index in [1.165, 1.54) is 0 Å². The molecule has 1 saturated carbocycles. The molecule has 0 aromatic rings. The van der Waals surface area contributed by atoms with Crippen molar-refractivity contribution in [1.29, 1.82) is 0 Å². The van der Waals surface area contributed by atoms with E-state index in [-0.39, 0.29) is 10.3 Å². The van der Waals surface area contributed by atoms with Gasteiger partial charge in [0.1, 0.15) is 5.71 Å². The molecule has 5 nitrogen and oxygen atoms in total. The van der Waals surface area contributed by atoms with Gasteiger partial charge in [-0.25, -0.2) is 0 Å². The van der Waals surface area contributed by atoms with Gasteiger partial charge in [0, 0.05) is 16.8 Å². The van der Waals surface area contributed by atoms with E-state index in [1.54, 1.807) is 0 Å². The third-order valence-corrected chi connectivity index (χ3v) is 2.99. The highest BCUT2D eigenvalue weighted by molar-refractivity contribution is 5.90. The Hall–Kier alpha value is -1.13. The predicted molar refractivity (Wildman–Crippen MR) is 56.8 cm³/mol. The Labute approximate surface area is 89.3 Å². The lowest BCUT2D eigenvalue weighted by atomic mass is 9.62. The van der Waals surface area contributed by atoms with E-state index in [9.17, 15) is 10.1 Å². The zero-order chi connectivity index (χ0) is 11.9. The minimum Gasteiger partial charge on any atom is -0.411 e. The van der Waals surface area contributed by atoms with Crippen molar-refractivity contribution in [2.75, 3.05) is 0 Å². The van der Waals surface area contributed by atoms with E-state index in [4.69, 9.17) is 5.21 Å². The molecular weight excluding hydrogens is 196 g/mol. The third kappa shape index (κ3) is 2.27. The summed E-state index contributed by atoms with van der Waals surface area (Å²) >= 11 is 0. The van der Waals surface area contributed by atoms with Crippen LogP contribution in [0.4, 0.5) is 0 Å². The van der Waals surface area contributed by atoms with Gasteiger partial charge in [-0.3, -0.25) is 10.1 Å². The third-order valence-electron chi connectivity index (χ3n) is 2.99. The summed E-state index contributed by atoms with van der Waals surface area (Å²) in [5.74, 6) is 0. The van der Waals surface area contributed by atoms with Crippen LogP contribution in [0.5, 0.6) is 0 Å². The Bertz CT molecular complexity index is 308. The molecule has 1 aliphatic rings. The quantitative estimate of drug-likeness (QED) is 0.413. The summed E-state index contributed by atoms with van der Waals surface area (Å²) in [6.45, 7) is 7.78. The van der Waals surface area contributed by atoms with E-state index in [0.717, 1.165) is 6.42 Å². The molecule has 1 unspecified atom stereocenters. The minimum absolute atomic E-state index is 0.0441. The molecule has 0 aliphatic heterocycles. The van der Waals surface area contributed by atoms with Crippen molar-refractivity contribution in [3.8, 4) is 0 Å². The molecule has 0 saturated heterocycles. The molecule has 1 atom stereocenters. The number of hydrogen-bond acceptors (Lipinski definition) is 4. The van der Waals surface area contributed by atoms with Gasteiger partial charge in [-0.1, -0.05) is 32.9 Å². The van der Waals surface area contributed by atoms with Crippen molar-refractivity contribution in [3.05, 3.63) is 10.1 Å². The van der Waals surface area contributed by atoms with Crippen molar-refractivity contribution < 1.29 is 10.1 Å². The molecule has 0 bridgehead atoms. The van der Waals surface area contributed by atoms with Crippen LogP contribution >= 0.6 is 0 Å². The maximum Gasteiger partial charge on any atom is 0.259 e. The molecule has 15 heavy (non-hydrogen) atoms. The number of rotatable bonds is 1. The lowest BCUT2D eigenvalue weighted by Gasteiger charge is -2.41. The van der Waals surface area contributed by atoms with Gasteiger partial charge in [0.15, 0.2) is 0 Å². The first-order valence-corrected chi connectivity index (χ1v) is 5.04. The molecule has 5 heteroatoms. The average Bonchev–Trinajstić information content (AvgIpc) is 1.97. The van der Waals surface area contributed by atoms with Gasteiger partial charge in [0.25, 0.3) is 6.04 Å². The van der Waals surface area contributed by atoms with Crippen LogP contribution in [-0.2, 0) is 0 Å². The zero-order valence-corrected chi connectivity index (χ0v) is 9.65. The molecule has 1 rings (SSSR count). The van der Waals surface area contributed by atoms with Crippen molar-refractivity contribution >= 4 is 5.71 Å². The summed E-state index contributed by atoms with van der Waals surface area (Å²) in [7, 11) is 0. The largest absolute Gasteiger partial charge is 0.411 e. The molecule has 0 aromatic heterocycles. The van der Waals surface area contributed by atoms with E-state index < -0.39 is 11.5 Å². The van der Waals surface area contributed by atoms with Crippen molar-refractivity contribution in [3.63, 3.8) is 0 Å². The SMILES string of the molecule is CC1(C)C/C(=N/O)C([N+](=O)[O-])C(C)(C)C1. The van der Waals surface area contributed by atoms with Crippen LogP contribution in [0.1, 0.15) is 40.5 Å². The molecule has 86 valence electrons.